The van der Waals surface area contributed by atoms with Crippen LogP contribution in [0.3, 0.4) is 0 Å². The Bertz CT molecular complexity index is 850. The molecule has 1 aliphatic carbocycles. The van der Waals surface area contributed by atoms with Gasteiger partial charge in [-0.3, -0.25) is 0 Å². The van der Waals surface area contributed by atoms with Gasteiger partial charge in [-0.1, -0.05) is 29.3 Å². The minimum Gasteiger partial charge on any atom is -0.398 e. The summed E-state index contributed by atoms with van der Waals surface area (Å²) >= 11 is 12.4. The number of benzene rings is 2. The number of aromatic nitrogens is 2. The molecule has 1 aliphatic rings. The number of hydrogen-bond acceptors (Lipinski definition) is 2. The molecule has 0 saturated heterocycles. The SMILES string of the molecule is Nc1cc(-c2nc3cccc(Cl)c3n2C2CC2)ccc1Cl. The molecule has 2 N–H and O–H groups in total. The van der Waals surface area contributed by atoms with E-state index >= 15 is 0 Å². The third-order valence-corrected chi connectivity index (χ3v) is 4.48. The van der Waals surface area contributed by atoms with Crippen molar-refractivity contribution in [2.75, 3.05) is 5.73 Å². The maximum atomic E-state index is 6.38. The normalized spacial score (nSPS) is 14.8. The number of hydrogen-bond donors (Lipinski definition) is 1. The van der Waals surface area contributed by atoms with Crippen molar-refractivity contribution in [3.05, 3.63) is 46.4 Å². The second-order valence-electron chi connectivity index (χ2n) is 5.38. The first-order valence-corrected chi connectivity index (χ1v) is 7.62. The number of fused-ring (bicyclic) bond motifs is 1. The topological polar surface area (TPSA) is 43.8 Å². The van der Waals surface area contributed by atoms with E-state index < -0.39 is 0 Å². The van der Waals surface area contributed by atoms with Crippen LogP contribution in [-0.4, -0.2) is 9.55 Å². The van der Waals surface area contributed by atoms with Crippen LogP contribution in [0.1, 0.15) is 18.9 Å². The Labute approximate surface area is 132 Å². The molecule has 106 valence electrons. The summed E-state index contributed by atoms with van der Waals surface area (Å²) in [5, 5.41) is 1.30. The van der Waals surface area contributed by atoms with Crippen molar-refractivity contribution in [3.8, 4) is 11.4 Å². The highest BCUT2D eigenvalue weighted by Gasteiger charge is 2.29. The molecule has 0 radical (unpaired) electrons. The molecule has 3 aromatic rings. The van der Waals surface area contributed by atoms with E-state index in [1.54, 1.807) is 0 Å². The predicted octanol–water partition coefficient (Wildman–Crippen LogP) is 4.93. The second kappa shape index (κ2) is 4.65. The standard InChI is InChI=1S/C16H13Cl2N3/c17-11-7-4-9(8-13(11)19)16-20-14-3-1-2-12(18)15(14)21(16)10-5-6-10/h1-4,7-8,10H,5-6,19H2. The molecular formula is C16H13Cl2N3. The molecule has 0 aliphatic heterocycles. The van der Waals surface area contributed by atoms with Crippen LogP contribution < -0.4 is 5.73 Å². The monoisotopic (exact) mass is 317 g/mol. The predicted molar refractivity (Wildman–Crippen MR) is 87.9 cm³/mol. The van der Waals surface area contributed by atoms with Crippen molar-refractivity contribution in [2.45, 2.75) is 18.9 Å². The fourth-order valence-corrected chi connectivity index (χ4v) is 3.06. The smallest absolute Gasteiger partial charge is 0.141 e. The lowest BCUT2D eigenvalue weighted by Crippen LogP contribution is -1.98. The third kappa shape index (κ3) is 2.08. The van der Waals surface area contributed by atoms with E-state index in [9.17, 15) is 0 Å². The van der Waals surface area contributed by atoms with Crippen LogP contribution >= 0.6 is 23.2 Å². The average Bonchev–Trinajstić information content (AvgIpc) is 3.22. The lowest BCUT2D eigenvalue weighted by molar-refractivity contribution is 0.775. The summed E-state index contributed by atoms with van der Waals surface area (Å²) < 4.78 is 2.24. The summed E-state index contributed by atoms with van der Waals surface area (Å²) in [5.41, 5.74) is 9.38. The molecule has 1 fully saturated rings. The van der Waals surface area contributed by atoms with Gasteiger partial charge in [0, 0.05) is 11.6 Å². The number of halogens is 2. The molecule has 4 rings (SSSR count). The van der Waals surface area contributed by atoms with Gasteiger partial charge >= 0.3 is 0 Å². The van der Waals surface area contributed by atoms with Crippen molar-refractivity contribution in [3.63, 3.8) is 0 Å². The number of para-hydroxylation sites is 1. The van der Waals surface area contributed by atoms with Crippen LogP contribution in [0.2, 0.25) is 10.0 Å². The fourth-order valence-electron chi connectivity index (χ4n) is 2.68. The second-order valence-corrected chi connectivity index (χ2v) is 6.19. The number of nitrogens with two attached hydrogens (primary N) is 1. The number of anilines is 1. The Balaban J connectivity index is 2.01. The maximum Gasteiger partial charge on any atom is 0.141 e. The van der Waals surface area contributed by atoms with Gasteiger partial charge in [-0.2, -0.15) is 0 Å². The van der Waals surface area contributed by atoms with Crippen molar-refractivity contribution in [1.82, 2.24) is 9.55 Å². The minimum atomic E-state index is 0.474. The molecule has 0 amide bonds. The van der Waals surface area contributed by atoms with Crippen LogP contribution in [0.15, 0.2) is 36.4 Å². The van der Waals surface area contributed by atoms with Crippen LogP contribution in [0.5, 0.6) is 0 Å². The molecule has 1 aromatic heterocycles. The van der Waals surface area contributed by atoms with Gasteiger partial charge in [0.15, 0.2) is 0 Å². The Morgan fingerprint density at radius 2 is 1.90 bits per heavy atom. The van der Waals surface area contributed by atoms with Gasteiger partial charge in [-0.15, -0.1) is 0 Å². The van der Waals surface area contributed by atoms with Crippen LogP contribution in [0.25, 0.3) is 22.4 Å². The summed E-state index contributed by atoms with van der Waals surface area (Å²) in [5.74, 6) is 0.906. The first-order chi connectivity index (χ1) is 10.1. The number of rotatable bonds is 2. The van der Waals surface area contributed by atoms with E-state index in [0.29, 0.717) is 16.8 Å². The molecular weight excluding hydrogens is 305 g/mol. The molecule has 1 heterocycles. The third-order valence-electron chi connectivity index (χ3n) is 3.83. The summed E-state index contributed by atoms with van der Waals surface area (Å²) in [6.07, 6.45) is 2.32. The highest BCUT2D eigenvalue weighted by molar-refractivity contribution is 6.35. The zero-order chi connectivity index (χ0) is 14.6. The summed E-state index contributed by atoms with van der Waals surface area (Å²) in [6.45, 7) is 0. The van der Waals surface area contributed by atoms with E-state index in [4.69, 9.17) is 33.9 Å². The highest BCUT2D eigenvalue weighted by atomic mass is 35.5. The zero-order valence-electron chi connectivity index (χ0n) is 11.2. The van der Waals surface area contributed by atoms with Gasteiger partial charge in [-0.05, 0) is 43.2 Å². The molecule has 0 unspecified atom stereocenters. The Morgan fingerprint density at radius 1 is 1.10 bits per heavy atom. The van der Waals surface area contributed by atoms with Gasteiger partial charge in [0.25, 0.3) is 0 Å². The molecule has 3 nitrogen and oxygen atoms in total. The molecule has 0 spiro atoms. The van der Waals surface area contributed by atoms with Gasteiger partial charge in [0.1, 0.15) is 5.82 Å². The van der Waals surface area contributed by atoms with Crippen LogP contribution in [0, 0.1) is 0 Å². The van der Waals surface area contributed by atoms with Crippen molar-refractivity contribution >= 4 is 39.9 Å². The Morgan fingerprint density at radius 3 is 2.62 bits per heavy atom. The van der Waals surface area contributed by atoms with Gasteiger partial charge in [0.2, 0.25) is 0 Å². The van der Waals surface area contributed by atoms with E-state index in [-0.39, 0.29) is 0 Å². The average molecular weight is 318 g/mol. The zero-order valence-corrected chi connectivity index (χ0v) is 12.7. The molecule has 5 heteroatoms. The van der Waals surface area contributed by atoms with Gasteiger partial charge < -0.3 is 10.3 Å². The Hall–Kier alpha value is -1.71. The molecule has 0 atom stereocenters. The largest absolute Gasteiger partial charge is 0.398 e. The lowest BCUT2D eigenvalue weighted by atomic mass is 10.2. The number of imidazole rings is 1. The van der Waals surface area contributed by atoms with E-state index in [1.165, 1.54) is 0 Å². The summed E-state index contributed by atoms with van der Waals surface area (Å²) in [4.78, 5) is 4.76. The first kappa shape index (κ1) is 13.0. The molecule has 1 saturated carbocycles. The molecule has 2 aromatic carbocycles. The Kier molecular flexibility index (Phi) is 2.88. The molecule has 0 bridgehead atoms. The van der Waals surface area contributed by atoms with Crippen LogP contribution in [-0.2, 0) is 0 Å². The van der Waals surface area contributed by atoms with E-state index in [0.717, 1.165) is 40.3 Å². The fraction of sp³-hybridized carbons (Fsp3) is 0.188. The van der Waals surface area contributed by atoms with Crippen LogP contribution in [0.4, 0.5) is 5.69 Å². The first-order valence-electron chi connectivity index (χ1n) is 6.87. The van der Waals surface area contributed by atoms with Gasteiger partial charge in [0.05, 0.1) is 26.8 Å². The number of nitrogens with zero attached hydrogens (tertiary/aromatic N) is 2. The quantitative estimate of drug-likeness (QED) is 0.681. The lowest BCUT2D eigenvalue weighted by Gasteiger charge is -2.09. The van der Waals surface area contributed by atoms with E-state index in [2.05, 4.69) is 4.57 Å². The van der Waals surface area contributed by atoms with Crippen molar-refractivity contribution in [2.24, 2.45) is 0 Å². The van der Waals surface area contributed by atoms with Crippen molar-refractivity contribution in [1.29, 1.82) is 0 Å². The summed E-state index contributed by atoms with van der Waals surface area (Å²) in [7, 11) is 0. The maximum absolute atomic E-state index is 6.38. The molecule has 21 heavy (non-hydrogen) atoms. The summed E-state index contributed by atoms with van der Waals surface area (Å²) in [6, 6.07) is 11.9. The van der Waals surface area contributed by atoms with Crippen molar-refractivity contribution < 1.29 is 0 Å². The number of nitrogen functional groups attached to an aromatic ring is 1. The highest BCUT2D eigenvalue weighted by Crippen LogP contribution is 2.43. The van der Waals surface area contributed by atoms with Gasteiger partial charge in [-0.25, -0.2) is 4.98 Å². The minimum absolute atomic E-state index is 0.474. The van der Waals surface area contributed by atoms with E-state index in [1.807, 2.05) is 36.4 Å².